The molecular formula is C9H17N3S. The van der Waals surface area contributed by atoms with E-state index in [1.165, 1.54) is 4.88 Å². The molecule has 3 N–H and O–H groups in total. The Bertz CT molecular complexity index is 211. The highest BCUT2D eigenvalue weighted by Gasteiger charge is 1.98. The molecule has 1 atom stereocenters. The van der Waals surface area contributed by atoms with Crippen LogP contribution in [0.25, 0.3) is 0 Å². The first kappa shape index (κ1) is 10.6. The third-order valence-corrected chi connectivity index (χ3v) is 2.78. The lowest BCUT2D eigenvalue weighted by molar-refractivity contribution is 0.510. The fourth-order valence-electron chi connectivity index (χ4n) is 1.01. The third-order valence-electron chi connectivity index (χ3n) is 2.00. The van der Waals surface area contributed by atoms with Gasteiger partial charge in [-0.2, -0.15) is 0 Å². The predicted octanol–water partition coefficient (Wildman–Crippen LogP) is 1.22. The highest BCUT2D eigenvalue weighted by Crippen LogP contribution is 2.04. The largest absolute Gasteiger partial charge is 0.330 e. The van der Waals surface area contributed by atoms with Crippen LogP contribution >= 0.6 is 11.3 Å². The minimum atomic E-state index is 0.619. The summed E-state index contributed by atoms with van der Waals surface area (Å²) in [4.78, 5) is 5.30. The number of nitrogens with one attached hydrogen (secondary N) is 1. The number of aromatic nitrogens is 1. The van der Waals surface area contributed by atoms with Gasteiger partial charge in [-0.3, -0.25) is 4.98 Å². The SMILES string of the molecule is CC(CN)CCNCc1cncs1. The van der Waals surface area contributed by atoms with Crippen molar-refractivity contribution in [2.24, 2.45) is 11.7 Å². The minimum absolute atomic E-state index is 0.619. The molecule has 0 fully saturated rings. The van der Waals surface area contributed by atoms with Gasteiger partial charge in [-0.05, 0) is 25.4 Å². The first-order chi connectivity index (χ1) is 6.33. The van der Waals surface area contributed by atoms with E-state index in [0.29, 0.717) is 5.92 Å². The highest BCUT2D eigenvalue weighted by atomic mass is 32.1. The summed E-state index contributed by atoms with van der Waals surface area (Å²) < 4.78 is 0. The van der Waals surface area contributed by atoms with Crippen LogP contribution in [0.15, 0.2) is 11.7 Å². The molecule has 0 aromatic carbocycles. The average Bonchev–Trinajstić information content (AvgIpc) is 2.64. The summed E-state index contributed by atoms with van der Waals surface area (Å²) in [5.74, 6) is 0.619. The number of nitrogens with two attached hydrogens (primary N) is 1. The van der Waals surface area contributed by atoms with Crippen LogP contribution in [0.4, 0.5) is 0 Å². The van der Waals surface area contributed by atoms with Crippen molar-refractivity contribution in [3.8, 4) is 0 Å². The Morgan fingerprint density at radius 1 is 1.69 bits per heavy atom. The maximum absolute atomic E-state index is 5.51. The van der Waals surface area contributed by atoms with E-state index in [1.54, 1.807) is 11.3 Å². The number of hydrogen-bond acceptors (Lipinski definition) is 4. The van der Waals surface area contributed by atoms with Gasteiger partial charge in [-0.1, -0.05) is 6.92 Å². The van der Waals surface area contributed by atoms with Crippen LogP contribution in [0.2, 0.25) is 0 Å². The van der Waals surface area contributed by atoms with Gasteiger partial charge >= 0.3 is 0 Å². The summed E-state index contributed by atoms with van der Waals surface area (Å²) in [5, 5.41) is 3.37. The van der Waals surface area contributed by atoms with E-state index in [9.17, 15) is 0 Å². The summed E-state index contributed by atoms with van der Waals surface area (Å²) in [6.07, 6.45) is 3.05. The first-order valence-corrected chi connectivity index (χ1v) is 5.49. The van der Waals surface area contributed by atoms with Gasteiger partial charge in [0.1, 0.15) is 0 Å². The predicted molar refractivity (Wildman–Crippen MR) is 56.7 cm³/mol. The van der Waals surface area contributed by atoms with Crippen LogP contribution in [0.3, 0.4) is 0 Å². The zero-order chi connectivity index (χ0) is 9.52. The molecule has 0 radical (unpaired) electrons. The van der Waals surface area contributed by atoms with Gasteiger partial charge in [0.15, 0.2) is 0 Å². The van der Waals surface area contributed by atoms with Crippen molar-refractivity contribution in [1.82, 2.24) is 10.3 Å². The molecule has 0 amide bonds. The van der Waals surface area contributed by atoms with E-state index < -0.39 is 0 Å². The first-order valence-electron chi connectivity index (χ1n) is 4.61. The van der Waals surface area contributed by atoms with Crippen LogP contribution in [0.5, 0.6) is 0 Å². The van der Waals surface area contributed by atoms with E-state index >= 15 is 0 Å². The standard InChI is InChI=1S/C9H17N3S/c1-8(4-10)2-3-11-5-9-6-12-7-13-9/h6-8,11H,2-5,10H2,1H3. The molecule has 1 aromatic rings. The minimum Gasteiger partial charge on any atom is -0.330 e. The molecule has 13 heavy (non-hydrogen) atoms. The molecule has 1 heterocycles. The molecule has 0 aliphatic carbocycles. The van der Waals surface area contributed by atoms with Crippen LogP contribution < -0.4 is 11.1 Å². The lowest BCUT2D eigenvalue weighted by Crippen LogP contribution is -2.20. The topological polar surface area (TPSA) is 50.9 Å². The maximum atomic E-state index is 5.51. The molecule has 3 nitrogen and oxygen atoms in total. The number of rotatable bonds is 6. The second-order valence-corrected chi connectivity index (χ2v) is 4.24. The van der Waals surface area contributed by atoms with Crippen molar-refractivity contribution in [2.45, 2.75) is 19.9 Å². The summed E-state index contributed by atoms with van der Waals surface area (Å²) >= 11 is 1.69. The van der Waals surface area contributed by atoms with Crippen LogP contribution in [-0.2, 0) is 6.54 Å². The normalized spacial score (nSPS) is 13.1. The van der Waals surface area contributed by atoms with Gasteiger partial charge in [0.05, 0.1) is 5.51 Å². The lowest BCUT2D eigenvalue weighted by Gasteiger charge is -2.07. The lowest BCUT2D eigenvalue weighted by atomic mass is 10.1. The van der Waals surface area contributed by atoms with E-state index in [2.05, 4.69) is 17.2 Å². The maximum Gasteiger partial charge on any atom is 0.0794 e. The Morgan fingerprint density at radius 3 is 3.15 bits per heavy atom. The number of nitrogens with zero attached hydrogens (tertiary/aromatic N) is 1. The van der Waals surface area contributed by atoms with Gasteiger partial charge in [0, 0.05) is 17.6 Å². The van der Waals surface area contributed by atoms with Crippen molar-refractivity contribution >= 4 is 11.3 Å². The van der Waals surface area contributed by atoms with Crippen LogP contribution in [0.1, 0.15) is 18.2 Å². The average molecular weight is 199 g/mol. The van der Waals surface area contributed by atoms with Crippen molar-refractivity contribution < 1.29 is 0 Å². The molecule has 0 bridgehead atoms. The second-order valence-electron chi connectivity index (χ2n) is 3.27. The summed E-state index contributed by atoms with van der Waals surface area (Å²) in [7, 11) is 0. The molecule has 0 aliphatic rings. The van der Waals surface area contributed by atoms with Gasteiger partial charge < -0.3 is 11.1 Å². The Kier molecular flexibility index (Phi) is 4.97. The molecule has 1 unspecified atom stereocenters. The molecule has 1 aromatic heterocycles. The van der Waals surface area contributed by atoms with E-state index in [0.717, 1.165) is 26.1 Å². The molecule has 74 valence electrons. The van der Waals surface area contributed by atoms with Gasteiger partial charge in [-0.15, -0.1) is 11.3 Å². The third kappa shape index (κ3) is 4.36. The molecule has 0 aliphatic heterocycles. The second kappa shape index (κ2) is 6.07. The van der Waals surface area contributed by atoms with Crippen LogP contribution in [0, 0.1) is 5.92 Å². The summed E-state index contributed by atoms with van der Waals surface area (Å²) in [6.45, 7) is 4.93. The Balaban J connectivity index is 2.02. The highest BCUT2D eigenvalue weighted by molar-refractivity contribution is 7.09. The van der Waals surface area contributed by atoms with E-state index in [-0.39, 0.29) is 0 Å². The number of thiazole rings is 1. The quantitative estimate of drug-likeness (QED) is 0.677. The van der Waals surface area contributed by atoms with Crippen molar-refractivity contribution in [3.05, 3.63) is 16.6 Å². The van der Waals surface area contributed by atoms with Gasteiger partial charge in [0.25, 0.3) is 0 Å². The van der Waals surface area contributed by atoms with Crippen molar-refractivity contribution in [1.29, 1.82) is 0 Å². The molecule has 0 saturated heterocycles. The summed E-state index contributed by atoms with van der Waals surface area (Å²) in [6, 6.07) is 0. The van der Waals surface area contributed by atoms with Crippen molar-refractivity contribution in [2.75, 3.05) is 13.1 Å². The van der Waals surface area contributed by atoms with Crippen molar-refractivity contribution in [3.63, 3.8) is 0 Å². The number of hydrogen-bond donors (Lipinski definition) is 2. The van der Waals surface area contributed by atoms with E-state index in [1.807, 2.05) is 11.7 Å². The fourth-order valence-corrected chi connectivity index (χ4v) is 1.57. The fraction of sp³-hybridized carbons (Fsp3) is 0.667. The monoisotopic (exact) mass is 199 g/mol. The summed E-state index contributed by atoms with van der Waals surface area (Å²) in [5.41, 5.74) is 7.37. The van der Waals surface area contributed by atoms with E-state index in [4.69, 9.17) is 5.73 Å². The zero-order valence-corrected chi connectivity index (χ0v) is 8.81. The Labute approximate surface area is 83.4 Å². The molecule has 1 rings (SSSR count). The Hall–Kier alpha value is -0.450. The molecular weight excluding hydrogens is 182 g/mol. The molecule has 4 heteroatoms. The van der Waals surface area contributed by atoms with Crippen LogP contribution in [-0.4, -0.2) is 18.1 Å². The smallest absolute Gasteiger partial charge is 0.0794 e. The Morgan fingerprint density at radius 2 is 2.54 bits per heavy atom. The zero-order valence-electron chi connectivity index (χ0n) is 7.99. The van der Waals surface area contributed by atoms with Gasteiger partial charge in [0.2, 0.25) is 0 Å². The molecule has 0 saturated carbocycles. The molecule has 0 spiro atoms. The van der Waals surface area contributed by atoms with Gasteiger partial charge in [-0.25, -0.2) is 0 Å².